The summed E-state index contributed by atoms with van der Waals surface area (Å²) in [5, 5.41) is 15.1. The summed E-state index contributed by atoms with van der Waals surface area (Å²) < 4.78 is 29.5. The largest absolute Gasteiger partial charge is 0.345 e. The Bertz CT molecular complexity index is 1170. The van der Waals surface area contributed by atoms with E-state index in [4.69, 9.17) is 0 Å². The predicted molar refractivity (Wildman–Crippen MR) is 101 cm³/mol. The second kappa shape index (κ2) is 7.74. The molecule has 10 nitrogen and oxygen atoms in total. The fourth-order valence-electron chi connectivity index (χ4n) is 2.61. The second-order valence-electron chi connectivity index (χ2n) is 5.91. The van der Waals surface area contributed by atoms with E-state index < -0.39 is 14.9 Å². The van der Waals surface area contributed by atoms with Gasteiger partial charge >= 0.3 is 5.69 Å². The molecule has 146 valence electrons. The summed E-state index contributed by atoms with van der Waals surface area (Å²) in [6.45, 7) is -0.0934. The number of benzene rings is 2. The van der Waals surface area contributed by atoms with Gasteiger partial charge in [0.05, 0.1) is 16.4 Å². The van der Waals surface area contributed by atoms with Crippen LogP contribution in [0.4, 0.5) is 5.69 Å². The number of nitro benzene ring substituents is 1. The highest BCUT2D eigenvalue weighted by Crippen LogP contribution is 2.17. The maximum absolute atomic E-state index is 12.3. The Morgan fingerprint density at radius 1 is 1.14 bits per heavy atom. The van der Waals surface area contributed by atoms with Crippen molar-refractivity contribution >= 4 is 15.7 Å². The number of sulfonamides is 1. The maximum Gasteiger partial charge on any atom is 0.345 e. The van der Waals surface area contributed by atoms with Crippen molar-refractivity contribution in [2.24, 2.45) is 7.05 Å². The average molecular weight is 403 g/mol. The number of nitro groups is 1. The Morgan fingerprint density at radius 3 is 2.54 bits per heavy atom. The molecule has 3 aromatic rings. The number of rotatable bonds is 7. The molecule has 0 aliphatic carbocycles. The predicted octanol–water partition coefficient (Wildman–Crippen LogP) is 1.14. The summed E-state index contributed by atoms with van der Waals surface area (Å²) in [7, 11) is -2.37. The van der Waals surface area contributed by atoms with Gasteiger partial charge < -0.3 is 0 Å². The van der Waals surface area contributed by atoms with E-state index in [9.17, 15) is 23.3 Å². The van der Waals surface area contributed by atoms with Gasteiger partial charge in [-0.2, -0.15) is 0 Å². The lowest BCUT2D eigenvalue weighted by atomic mass is 10.2. The van der Waals surface area contributed by atoms with E-state index in [-0.39, 0.29) is 29.4 Å². The van der Waals surface area contributed by atoms with Gasteiger partial charge in [0.25, 0.3) is 5.69 Å². The van der Waals surface area contributed by atoms with Crippen LogP contribution in [0, 0.1) is 10.1 Å². The molecule has 0 saturated heterocycles. The van der Waals surface area contributed by atoms with Crippen molar-refractivity contribution in [2.45, 2.75) is 11.4 Å². The molecule has 0 saturated carbocycles. The van der Waals surface area contributed by atoms with E-state index in [1.165, 1.54) is 22.8 Å². The van der Waals surface area contributed by atoms with Crippen LogP contribution in [0.2, 0.25) is 0 Å². The quantitative estimate of drug-likeness (QED) is 0.465. The van der Waals surface area contributed by atoms with Gasteiger partial charge in [-0.05, 0) is 6.07 Å². The highest BCUT2D eigenvalue weighted by molar-refractivity contribution is 7.89. The molecule has 0 unspecified atom stereocenters. The van der Waals surface area contributed by atoms with Crippen molar-refractivity contribution in [2.75, 3.05) is 6.54 Å². The molecule has 11 heteroatoms. The zero-order chi connectivity index (χ0) is 20.3. The molecule has 0 amide bonds. The number of hydrogen-bond donors (Lipinski definition) is 1. The van der Waals surface area contributed by atoms with E-state index in [1.54, 1.807) is 7.05 Å². The molecular weight excluding hydrogens is 386 g/mol. The third-order valence-corrected chi connectivity index (χ3v) is 5.49. The van der Waals surface area contributed by atoms with Gasteiger partial charge in [0, 0.05) is 31.3 Å². The topological polar surface area (TPSA) is 129 Å². The maximum atomic E-state index is 12.3. The zero-order valence-corrected chi connectivity index (χ0v) is 15.7. The molecule has 0 aliphatic rings. The minimum absolute atomic E-state index is 0.00760. The number of nitrogens with one attached hydrogen (secondary N) is 1. The molecular formula is C17H17N5O5S. The second-order valence-corrected chi connectivity index (χ2v) is 7.67. The molecule has 0 atom stereocenters. The third-order valence-electron chi connectivity index (χ3n) is 4.03. The summed E-state index contributed by atoms with van der Waals surface area (Å²) in [5.74, 6) is 0.465. The van der Waals surface area contributed by atoms with Crippen LogP contribution < -0.4 is 10.4 Å². The summed E-state index contributed by atoms with van der Waals surface area (Å²) in [6, 6.07) is 13.9. The average Bonchev–Trinajstić information content (AvgIpc) is 2.97. The lowest BCUT2D eigenvalue weighted by Crippen LogP contribution is -2.31. The molecule has 1 N–H and O–H groups in total. The molecule has 3 rings (SSSR count). The van der Waals surface area contributed by atoms with Crippen molar-refractivity contribution in [1.82, 2.24) is 19.1 Å². The van der Waals surface area contributed by atoms with Gasteiger partial charge in [-0.1, -0.05) is 36.4 Å². The lowest BCUT2D eigenvalue weighted by Gasteiger charge is -2.06. The normalized spacial score (nSPS) is 11.5. The Kier molecular flexibility index (Phi) is 5.38. The lowest BCUT2D eigenvalue weighted by molar-refractivity contribution is -0.385. The van der Waals surface area contributed by atoms with Crippen molar-refractivity contribution in [3.05, 3.63) is 75.2 Å². The first-order valence-corrected chi connectivity index (χ1v) is 9.71. The molecule has 0 spiro atoms. The van der Waals surface area contributed by atoms with E-state index >= 15 is 0 Å². The van der Waals surface area contributed by atoms with E-state index in [0.29, 0.717) is 5.82 Å². The van der Waals surface area contributed by atoms with Crippen LogP contribution in [-0.4, -0.2) is 34.2 Å². The molecule has 0 fully saturated rings. The molecule has 0 bridgehead atoms. The summed E-state index contributed by atoms with van der Waals surface area (Å²) in [6.07, 6.45) is 0. The van der Waals surface area contributed by atoms with Crippen LogP contribution >= 0.6 is 0 Å². The highest BCUT2D eigenvalue weighted by atomic mass is 32.2. The minimum Gasteiger partial charge on any atom is -0.278 e. The van der Waals surface area contributed by atoms with Crippen molar-refractivity contribution in [3.63, 3.8) is 0 Å². The zero-order valence-electron chi connectivity index (χ0n) is 14.8. The molecule has 28 heavy (non-hydrogen) atoms. The van der Waals surface area contributed by atoms with Crippen molar-refractivity contribution < 1.29 is 13.3 Å². The van der Waals surface area contributed by atoms with Gasteiger partial charge in [0.15, 0.2) is 5.82 Å². The first-order valence-electron chi connectivity index (χ1n) is 8.23. The first-order chi connectivity index (χ1) is 13.3. The first kappa shape index (κ1) is 19.5. The van der Waals surface area contributed by atoms with Crippen LogP contribution in [-0.2, 0) is 23.6 Å². The van der Waals surface area contributed by atoms with Gasteiger partial charge in [0.1, 0.15) is 0 Å². The summed E-state index contributed by atoms with van der Waals surface area (Å²) >= 11 is 0. The highest BCUT2D eigenvalue weighted by Gasteiger charge is 2.18. The number of nitrogens with zero attached hydrogens (tertiary/aromatic N) is 4. The smallest absolute Gasteiger partial charge is 0.278 e. The number of aromatic nitrogens is 3. The van der Waals surface area contributed by atoms with Crippen LogP contribution in [0.15, 0.2) is 64.3 Å². The Hall–Kier alpha value is -3.31. The summed E-state index contributed by atoms with van der Waals surface area (Å²) in [4.78, 5) is 22.2. The van der Waals surface area contributed by atoms with Gasteiger partial charge in [0.2, 0.25) is 10.0 Å². The van der Waals surface area contributed by atoms with Crippen molar-refractivity contribution in [1.29, 1.82) is 0 Å². The SMILES string of the molecule is Cn1c(-c2ccccc2)nn(CCNS(=O)(=O)c2cccc([N+](=O)[O-])c2)c1=O. The molecule has 0 aliphatic heterocycles. The molecule has 1 aromatic heterocycles. The Balaban J connectivity index is 1.74. The number of non-ortho nitro benzene ring substituents is 1. The van der Waals surface area contributed by atoms with Crippen LogP contribution in [0.25, 0.3) is 11.4 Å². The van der Waals surface area contributed by atoms with E-state index in [2.05, 4.69) is 9.82 Å². The van der Waals surface area contributed by atoms with Crippen molar-refractivity contribution in [3.8, 4) is 11.4 Å². The van der Waals surface area contributed by atoms with E-state index in [1.807, 2.05) is 30.3 Å². The van der Waals surface area contributed by atoms with Crippen LogP contribution in [0.5, 0.6) is 0 Å². The monoisotopic (exact) mass is 403 g/mol. The van der Waals surface area contributed by atoms with Gasteiger partial charge in [-0.25, -0.2) is 22.6 Å². The Morgan fingerprint density at radius 2 is 1.86 bits per heavy atom. The fourth-order valence-corrected chi connectivity index (χ4v) is 3.67. The Labute approximate surface area is 160 Å². The van der Waals surface area contributed by atoms with E-state index in [0.717, 1.165) is 16.3 Å². The molecule has 0 radical (unpaired) electrons. The standard InChI is InChI=1S/C17H17N5O5S/c1-20-16(13-6-3-2-4-7-13)19-21(17(20)23)11-10-18-28(26,27)15-9-5-8-14(12-15)22(24)25/h2-9,12,18H,10-11H2,1H3. The third kappa shape index (κ3) is 4.00. The minimum atomic E-state index is -3.96. The summed E-state index contributed by atoms with van der Waals surface area (Å²) in [5.41, 5.74) is 0.0581. The molecule has 2 aromatic carbocycles. The van der Waals surface area contributed by atoms with Gasteiger partial charge in [-0.15, -0.1) is 5.10 Å². The fraction of sp³-hybridized carbons (Fsp3) is 0.176. The van der Waals surface area contributed by atoms with Crippen LogP contribution in [0.1, 0.15) is 0 Å². The van der Waals surface area contributed by atoms with Gasteiger partial charge in [-0.3, -0.25) is 14.7 Å². The molecule has 1 heterocycles. The number of hydrogen-bond acceptors (Lipinski definition) is 6. The van der Waals surface area contributed by atoms with Crippen LogP contribution in [0.3, 0.4) is 0 Å².